The van der Waals surface area contributed by atoms with Gasteiger partial charge in [-0.15, -0.1) is 11.3 Å². The average molecular weight is 316 g/mol. The summed E-state index contributed by atoms with van der Waals surface area (Å²) in [4.78, 5) is 30.4. The Morgan fingerprint density at radius 1 is 1.18 bits per heavy atom. The number of amides is 2. The van der Waals surface area contributed by atoms with E-state index in [1.807, 2.05) is 23.5 Å². The lowest BCUT2D eigenvalue weighted by atomic mass is 9.85. The minimum absolute atomic E-state index is 0.0302. The van der Waals surface area contributed by atoms with Crippen molar-refractivity contribution in [3.63, 3.8) is 0 Å². The molecule has 4 nitrogen and oxygen atoms in total. The van der Waals surface area contributed by atoms with Crippen molar-refractivity contribution < 1.29 is 9.59 Å². The van der Waals surface area contributed by atoms with Gasteiger partial charge in [-0.05, 0) is 43.2 Å². The van der Waals surface area contributed by atoms with Gasteiger partial charge in [0, 0.05) is 17.5 Å². The maximum absolute atomic E-state index is 12.6. The molecule has 0 N–H and O–H groups in total. The van der Waals surface area contributed by atoms with Crippen molar-refractivity contribution in [3.8, 4) is 0 Å². The summed E-state index contributed by atoms with van der Waals surface area (Å²) in [7, 11) is 0. The molecule has 0 saturated carbocycles. The van der Waals surface area contributed by atoms with Gasteiger partial charge in [-0.2, -0.15) is 0 Å². The second-order valence-corrected chi connectivity index (χ2v) is 7.44. The maximum Gasteiger partial charge on any atom is 0.234 e. The quantitative estimate of drug-likeness (QED) is 0.622. The summed E-state index contributed by atoms with van der Waals surface area (Å²) in [5.74, 6) is -0.172. The van der Waals surface area contributed by atoms with Gasteiger partial charge in [-0.25, -0.2) is 0 Å². The SMILES string of the molecule is C[C@@H]1c2ccsc2CCN1CN1C(=O)[C@H]2CC=CC[C@H]2C1=O. The van der Waals surface area contributed by atoms with Crippen LogP contribution in [0.4, 0.5) is 0 Å². The van der Waals surface area contributed by atoms with Gasteiger partial charge in [0.1, 0.15) is 0 Å². The number of carbonyl (C=O) groups excluding carboxylic acids is 2. The van der Waals surface area contributed by atoms with Crippen molar-refractivity contribution in [2.45, 2.75) is 32.2 Å². The van der Waals surface area contributed by atoms with E-state index in [2.05, 4.69) is 23.3 Å². The maximum atomic E-state index is 12.6. The molecule has 0 spiro atoms. The summed E-state index contributed by atoms with van der Waals surface area (Å²) < 4.78 is 0. The van der Waals surface area contributed by atoms with E-state index in [1.54, 1.807) is 0 Å². The molecule has 4 rings (SSSR count). The third kappa shape index (κ3) is 2.07. The van der Waals surface area contributed by atoms with Crippen LogP contribution in [0.15, 0.2) is 23.6 Å². The zero-order valence-electron chi connectivity index (χ0n) is 12.7. The summed E-state index contributed by atoms with van der Waals surface area (Å²) in [5, 5.41) is 2.14. The predicted molar refractivity (Wildman–Crippen MR) is 85.2 cm³/mol. The molecule has 5 heteroatoms. The number of hydrogen-bond acceptors (Lipinski definition) is 4. The normalized spacial score (nSPS) is 31.5. The minimum Gasteiger partial charge on any atom is -0.278 e. The van der Waals surface area contributed by atoms with Gasteiger partial charge in [-0.3, -0.25) is 19.4 Å². The monoisotopic (exact) mass is 316 g/mol. The number of nitrogens with zero attached hydrogens (tertiary/aromatic N) is 2. The molecular formula is C17H20N2O2S. The fourth-order valence-corrected chi connectivity index (χ4v) is 4.91. The second-order valence-electron chi connectivity index (χ2n) is 6.44. The van der Waals surface area contributed by atoms with E-state index in [9.17, 15) is 9.59 Å². The fourth-order valence-electron chi connectivity index (χ4n) is 3.94. The van der Waals surface area contributed by atoms with Crippen molar-refractivity contribution >= 4 is 23.2 Å². The summed E-state index contributed by atoms with van der Waals surface area (Å²) in [5.41, 5.74) is 1.36. The van der Waals surface area contributed by atoms with Crippen molar-refractivity contribution in [1.29, 1.82) is 0 Å². The van der Waals surface area contributed by atoms with E-state index in [0.29, 0.717) is 6.67 Å². The van der Waals surface area contributed by atoms with Crippen molar-refractivity contribution in [2.24, 2.45) is 11.8 Å². The van der Waals surface area contributed by atoms with Gasteiger partial charge in [0.25, 0.3) is 0 Å². The number of carbonyl (C=O) groups is 2. The Morgan fingerprint density at radius 2 is 1.86 bits per heavy atom. The molecule has 1 aromatic heterocycles. The topological polar surface area (TPSA) is 40.6 Å². The van der Waals surface area contributed by atoms with Gasteiger partial charge in [0.05, 0.1) is 18.5 Å². The third-order valence-corrected chi connectivity index (χ3v) is 6.32. The zero-order valence-corrected chi connectivity index (χ0v) is 13.5. The summed E-state index contributed by atoms with van der Waals surface area (Å²) in [6, 6.07) is 2.45. The molecular weight excluding hydrogens is 296 g/mol. The van der Waals surface area contributed by atoms with Crippen LogP contribution in [0, 0.1) is 11.8 Å². The Morgan fingerprint density at radius 3 is 2.55 bits per heavy atom. The minimum atomic E-state index is -0.116. The standard InChI is InChI=1S/C17H20N2O2S/c1-11-12-7-9-22-15(12)6-8-18(11)10-19-16(20)13-4-2-3-5-14(13)17(19)21/h2-3,7,9,11,13-14H,4-6,8,10H2,1H3/t11-,13-,14+/m1/s1. The first kappa shape index (κ1) is 14.2. The molecule has 2 aliphatic heterocycles. The van der Waals surface area contributed by atoms with Crippen LogP contribution in [-0.4, -0.2) is 34.8 Å². The number of thiophene rings is 1. The molecule has 116 valence electrons. The number of likely N-dealkylation sites (tertiary alicyclic amines) is 1. The lowest BCUT2D eigenvalue weighted by molar-refractivity contribution is -0.143. The van der Waals surface area contributed by atoms with Gasteiger partial charge in [0.2, 0.25) is 11.8 Å². The Hall–Kier alpha value is -1.46. The van der Waals surface area contributed by atoms with E-state index >= 15 is 0 Å². The molecule has 3 aliphatic rings. The Kier molecular flexibility index (Phi) is 3.42. The molecule has 1 aliphatic carbocycles. The van der Waals surface area contributed by atoms with Crippen LogP contribution in [0.5, 0.6) is 0 Å². The molecule has 2 amide bonds. The summed E-state index contributed by atoms with van der Waals surface area (Å²) >= 11 is 1.81. The largest absolute Gasteiger partial charge is 0.278 e. The van der Waals surface area contributed by atoms with Crippen LogP contribution < -0.4 is 0 Å². The molecule has 0 unspecified atom stereocenters. The smallest absolute Gasteiger partial charge is 0.234 e. The zero-order chi connectivity index (χ0) is 15.3. The van der Waals surface area contributed by atoms with Crippen LogP contribution in [0.2, 0.25) is 0 Å². The first-order chi connectivity index (χ1) is 10.7. The van der Waals surface area contributed by atoms with Gasteiger partial charge in [-0.1, -0.05) is 12.2 Å². The molecule has 0 bridgehead atoms. The molecule has 1 fully saturated rings. The predicted octanol–water partition coefficient (Wildman–Crippen LogP) is 2.58. The number of rotatable bonds is 2. The van der Waals surface area contributed by atoms with Crippen LogP contribution in [0.3, 0.4) is 0 Å². The molecule has 22 heavy (non-hydrogen) atoms. The Bertz CT molecular complexity index is 625. The van der Waals surface area contributed by atoms with E-state index in [4.69, 9.17) is 0 Å². The number of fused-ring (bicyclic) bond motifs is 2. The third-order valence-electron chi connectivity index (χ3n) is 5.33. The molecule has 3 atom stereocenters. The highest BCUT2D eigenvalue weighted by molar-refractivity contribution is 7.10. The Labute approximate surface area is 134 Å². The van der Waals surface area contributed by atoms with Gasteiger partial charge < -0.3 is 0 Å². The number of allylic oxidation sites excluding steroid dienone is 2. The lowest BCUT2D eigenvalue weighted by Crippen LogP contribution is -2.45. The van der Waals surface area contributed by atoms with Crippen LogP contribution >= 0.6 is 11.3 Å². The van der Waals surface area contributed by atoms with Gasteiger partial charge >= 0.3 is 0 Å². The highest BCUT2D eigenvalue weighted by Crippen LogP contribution is 2.37. The van der Waals surface area contributed by atoms with E-state index in [0.717, 1.165) is 25.8 Å². The van der Waals surface area contributed by atoms with E-state index in [-0.39, 0.29) is 29.7 Å². The highest BCUT2D eigenvalue weighted by atomic mass is 32.1. The number of imide groups is 1. The average Bonchev–Trinajstić information content (AvgIpc) is 3.10. The van der Waals surface area contributed by atoms with E-state index < -0.39 is 0 Å². The molecule has 1 aromatic rings. The lowest BCUT2D eigenvalue weighted by Gasteiger charge is -2.35. The summed E-state index contributed by atoms with van der Waals surface area (Å²) in [6.07, 6.45) is 6.53. The van der Waals surface area contributed by atoms with Crippen LogP contribution in [-0.2, 0) is 16.0 Å². The van der Waals surface area contributed by atoms with E-state index in [1.165, 1.54) is 15.3 Å². The molecule has 0 aromatic carbocycles. The highest BCUT2D eigenvalue weighted by Gasteiger charge is 2.47. The van der Waals surface area contributed by atoms with Crippen molar-refractivity contribution in [2.75, 3.05) is 13.2 Å². The Balaban J connectivity index is 1.52. The molecule has 3 heterocycles. The molecule has 1 saturated heterocycles. The molecule has 0 radical (unpaired) electrons. The van der Waals surface area contributed by atoms with Gasteiger partial charge in [0.15, 0.2) is 0 Å². The second kappa shape index (κ2) is 5.32. The number of hydrogen-bond donors (Lipinski definition) is 0. The van der Waals surface area contributed by atoms with Crippen molar-refractivity contribution in [3.05, 3.63) is 34.0 Å². The first-order valence-electron chi connectivity index (χ1n) is 7.97. The van der Waals surface area contributed by atoms with Crippen LogP contribution in [0.1, 0.15) is 36.2 Å². The van der Waals surface area contributed by atoms with Crippen LogP contribution in [0.25, 0.3) is 0 Å². The van der Waals surface area contributed by atoms with Crippen molar-refractivity contribution in [1.82, 2.24) is 9.80 Å². The fraction of sp³-hybridized carbons (Fsp3) is 0.529. The summed E-state index contributed by atoms with van der Waals surface area (Å²) in [6.45, 7) is 3.53. The first-order valence-corrected chi connectivity index (χ1v) is 8.85.